The average molecular weight is 275 g/mol. The number of benzene rings is 1. The fourth-order valence-electron chi connectivity index (χ4n) is 2.08. The monoisotopic (exact) mass is 275 g/mol. The summed E-state index contributed by atoms with van der Waals surface area (Å²) in [4.78, 5) is 4.72. The molecule has 1 rings (SSSR count). The molecule has 0 bridgehead atoms. The zero-order valence-corrected chi connectivity index (χ0v) is 13.2. The number of likely N-dealkylation sites (N-methyl/N-ethyl adjacent to an activating group) is 2. The van der Waals surface area contributed by atoms with Gasteiger partial charge in [0.1, 0.15) is 0 Å². The van der Waals surface area contributed by atoms with E-state index in [0.29, 0.717) is 0 Å². The first kappa shape index (κ1) is 16.9. The third-order valence-electron chi connectivity index (χ3n) is 3.74. The van der Waals surface area contributed by atoms with Crippen LogP contribution in [0.5, 0.6) is 0 Å². The lowest BCUT2D eigenvalue weighted by Gasteiger charge is -2.20. The lowest BCUT2D eigenvalue weighted by atomic mass is 10.0. The van der Waals surface area contributed by atoms with Crippen LogP contribution in [-0.2, 0) is 0 Å². The normalized spacial score (nSPS) is 11.2. The molecule has 0 saturated heterocycles. The molecule has 1 aromatic rings. The summed E-state index contributed by atoms with van der Waals surface area (Å²) in [6.07, 6.45) is 3.15. The van der Waals surface area contributed by atoms with Crippen molar-refractivity contribution in [3.05, 3.63) is 35.9 Å². The molecule has 0 heterocycles. The van der Waals surface area contributed by atoms with Crippen molar-refractivity contribution < 1.29 is 0 Å². The Morgan fingerprint density at radius 2 is 1.60 bits per heavy atom. The van der Waals surface area contributed by atoms with E-state index in [0.717, 1.165) is 50.3 Å². The molecular weight excluding hydrogens is 246 g/mol. The van der Waals surface area contributed by atoms with Crippen LogP contribution in [0.3, 0.4) is 0 Å². The molecule has 0 atom stereocenters. The van der Waals surface area contributed by atoms with E-state index in [9.17, 15) is 0 Å². The van der Waals surface area contributed by atoms with E-state index in [-0.39, 0.29) is 0 Å². The maximum Gasteiger partial charge on any atom is 0.0386 e. The minimum Gasteiger partial charge on any atom is -0.305 e. The van der Waals surface area contributed by atoms with E-state index in [1.54, 1.807) is 0 Å². The summed E-state index contributed by atoms with van der Waals surface area (Å²) >= 11 is 0. The molecule has 0 unspecified atom stereocenters. The molecule has 1 aromatic carbocycles. The molecule has 0 amide bonds. The van der Waals surface area contributed by atoms with E-state index in [1.807, 2.05) is 30.3 Å². The number of unbranched alkanes of at least 4 members (excludes halogenated alkanes) is 1. The van der Waals surface area contributed by atoms with Gasteiger partial charge >= 0.3 is 0 Å². The van der Waals surface area contributed by atoms with Crippen LogP contribution in [0.25, 0.3) is 0 Å². The van der Waals surface area contributed by atoms with E-state index in [1.165, 1.54) is 6.42 Å². The van der Waals surface area contributed by atoms with Crippen LogP contribution in [-0.4, -0.2) is 55.8 Å². The van der Waals surface area contributed by atoms with E-state index in [4.69, 9.17) is 5.41 Å². The van der Waals surface area contributed by atoms with Crippen LogP contribution in [0.1, 0.15) is 31.7 Å². The van der Waals surface area contributed by atoms with Gasteiger partial charge in [-0.25, -0.2) is 0 Å². The summed E-state index contributed by atoms with van der Waals surface area (Å²) < 4.78 is 0. The number of hydrogen-bond donors (Lipinski definition) is 1. The Labute approximate surface area is 124 Å². The van der Waals surface area contributed by atoms with Gasteiger partial charge in [0.25, 0.3) is 0 Å². The topological polar surface area (TPSA) is 30.3 Å². The lowest BCUT2D eigenvalue weighted by Crippen LogP contribution is -2.31. The summed E-state index contributed by atoms with van der Waals surface area (Å²) in [5.74, 6) is 0. The second kappa shape index (κ2) is 9.67. The van der Waals surface area contributed by atoms with Crippen molar-refractivity contribution in [1.29, 1.82) is 5.41 Å². The van der Waals surface area contributed by atoms with Gasteiger partial charge in [-0.15, -0.1) is 0 Å². The third-order valence-corrected chi connectivity index (χ3v) is 3.74. The first-order valence-corrected chi connectivity index (χ1v) is 7.63. The van der Waals surface area contributed by atoms with Crippen LogP contribution < -0.4 is 0 Å². The van der Waals surface area contributed by atoms with Crippen molar-refractivity contribution in [2.45, 2.75) is 26.2 Å². The van der Waals surface area contributed by atoms with Crippen LogP contribution >= 0.6 is 0 Å². The largest absolute Gasteiger partial charge is 0.305 e. The van der Waals surface area contributed by atoms with Gasteiger partial charge in [-0.05, 0) is 52.0 Å². The molecule has 0 aliphatic carbocycles. The van der Waals surface area contributed by atoms with Crippen molar-refractivity contribution >= 4 is 5.71 Å². The van der Waals surface area contributed by atoms with Gasteiger partial charge in [-0.2, -0.15) is 0 Å². The van der Waals surface area contributed by atoms with Gasteiger partial charge in [0.2, 0.25) is 0 Å². The zero-order valence-electron chi connectivity index (χ0n) is 13.2. The maximum atomic E-state index is 8.06. The highest BCUT2D eigenvalue weighted by atomic mass is 15.2. The van der Waals surface area contributed by atoms with Crippen molar-refractivity contribution in [3.8, 4) is 0 Å². The zero-order chi connectivity index (χ0) is 14.8. The number of hydrogen-bond acceptors (Lipinski definition) is 3. The molecule has 0 aromatic heterocycles. The van der Waals surface area contributed by atoms with Gasteiger partial charge in [-0.3, -0.25) is 0 Å². The molecule has 0 saturated carbocycles. The smallest absolute Gasteiger partial charge is 0.0386 e. The minimum absolute atomic E-state index is 0.763. The Morgan fingerprint density at radius 1 is 0.950 bits per heavy atom. The molecule has 0 fully saturated rings. The predicted molar refractivity (Wildman–Crippen MR) is 87.8 cm³/mol. The van der Waals surface area contributed by atoms with Gasteiger partial charge in [0, 0.05) is 18.8 Å². The Hall–Kier alpha value is -1.19. The molecule has 0 aliphatic rings. The number of nitrogens with zero attached hydrogens (tertiary/aromatic N) is 2. The fourth-order valence-corrected chi connectivity index (χ4v) is 2.08. The third kappa shape index (κ3) is 6.83. The Balaban J connectivity index is 2.11. The maximum absolute atomic E-state index is 8.06. The molecule has 3 heteroatoms. The number of nitrogens with one attached hydrogen (secondary N) is 1. The Morgan fingerprint density at radius 3 is 2.25 bits per heavy atom. The Bertz CT molecular complexity index is 375. The van der Waals surface area contributed by atoms with Gasteiger partial charge < -0.3 is 15.2 Å². The fraction of sp³-hybridized carbons (Fsp3) is 0.588. The van der Waals surface area contributed by atoms with Gasteiger partial charge in [-0.1, -0.05) is 37.3 Å². The highest BCUT2D eigenvalue weighted by Gasteiger charge is 2.03. The molecular formula is C17H29N3. The van der Waals surface area contributed by atoms with Crippen molar-refractivity contribution in [1.82, 2.24) is 9.80 Å². The first-order chi connectivity index (χ1) is 9.63. The Kier molecular flexibility index (Phi) is 8.16. The molecule has 112 valence electrons. The van der Waals surface area contributed by atoms with Crippen LogP contribution in [0.4, 0.5) is 0 Å². The van der Waals surface area contributed by atoms with Gasteiger partial charge in [0.15, 0.2) is 0 Å². The summed E-state index contributed by atoms with van der Waals surface area (Å²) in [5.41, 5.74) is 1.82. The molecule has 3 nitrogen and oxygen atoms in total. The molecule has 20 heavy (non-hydrogen) atoms. The summed E-state index contributed by atoms with van der Waals surface area (Å²) in [7, 11) is 4.35. The summed E-state index contributed by atoms with van der Waals surface area (Å²) in [5, 5.41) is 8.06. The molecule has 0 radical (unpaired) electrons. The predicted octanol–water partition coefficient (Wildman–Crippen LogP) is 3.11. The highest BCUT2D eigenvalue weighted by molar-refractivity contribution is 5.98. The van der Waals surface area contributed by atoms with Gasteiger partial charge in [0.05, 0.1) is 0 Å². The molecule has 1 N–H and O–H groups in total. The van der Waals surface area contributed by atoms with E-state index >= 15 is 0 Å². The lowest BCUT2D eigenvalue weighted by molar-refractivity contribution is 0.260. The quantitative estimate of drug-likeness (QED) is 0.525. The van der Waals surface area contributed by atoms with Crippen molar-refractivity contribution in [3.63, 3.8) is 0 Å². The SMILES string of the molecule is CCN(C)CCN(C)CCCCC(=N)c1ccccc1. The average Bonchev–Trinajstić information content (AvgIpc) is 2.49. The molecule has 0 spiro atoms. The second-order valence-electron chi connectivity index (χ2n) is 5.50. The molecule has 0 aliphatic heterocycles. The summed E-state index contributed by atoms with van der Waals surface area (Å²) in [6, 6.07) is 10.0. The van der Waals surface area contributed by atoms with Crippen LogP contribution in [0.15, 0.2) is 30.3 Å². The van der Waals surface area contributed by atoms with Crippen molar-refractivity contribution in [2.24, 2.45) is 0 Å². The highest BCUT2D eigenvalue weighted by Crippen LogP contribution is 2.07. The second-order valence-corrected chi connectivity index (χ2v) is 5.50. The minimum atomic E-state index is 0.763. The summed E-state index contributed by atoms with van der Waals surface area (Å²) in [6.45, 7) is 6.68. The number of rotatable bonds is 10. The van der Waals surface area contributed by atoms with E-state index in [2.05, 4.69) is 30.8 Å². The van der Waals surface area contributed by atoms with Crippen LogP contribution in [0.2, 0.25) is 0 Å². The van der Waals surface area contributed by atoms with Crippen molar-refractivity contribution in [2.75, 3.05) is 40.3 Å². The first-order valence-electron chi connectivity index (χ1n) is 7.63. The van der Waals surface area contributed by atoms with E-state index < -0.39 is 0 Å². The van der Waals surface area contributed by atoms with Crippen LogP contribution in [0, 0.1) is 5.41 Å². The standard InChI is InChI=1S/C17H29N3/c1-4-19(2)14-15-20(3)13-9-8-12-17(18)16-10-6-5-7-11-16/h5-7,10-11,18H,4,8-9,12-15H2,1-3H3.